The van der Waals surface area contributed by atoms with Crippen LogP contribution in [0.3, 0.4) is 0 Å². The van der Waals surface area contributed by atoms with Crippen LogP contribution in [0.2, 0.25) is 0 Å². The van der Waals surface area contributed by atoms with Gasteiger partial charge in [-0.3, -0.25) is 0 Å². The number of sulfonamides is 1. The molecule has 19 heavy (non-hydrogen) atoms. The van der Waals surface area contributed by atoms with Crippen LogP contribution in [-0.2, 0) is 15.9 Å². The molecule has 0 bridgehead atoms. The van der Waals surface area contributed by atoms with Crippen LogP contribution in [0.15, 0.2) is 23.1 Å². The largest absolute Gasteiger partial charge is 0.243 e. The van der Waals surface area contributed by atoms with Gasteiger partial charge in [0.15, 0.2) is 0 Å². The van der Waals surface area contributed by atoms with Gasteiger partial charge < -0.3 is 0 Å². The van der Waals surface area contributed by atoms with E-state index < -0.39 is 15.8 Å². The summed E-state index contributed by atoms with van der Waals surface area (Å²) in [4.78, 5) is 0.122. The number of alkyl halides is 1. The second kappa shape index (κ2) is 6.43. The summed E-state index contributed by atoms with van der Waals surface area (Å²) in [7, 11) is -3.54. The first-order chi connectivity index (χ1) is 9.05. The minimum absolute atomic E-state index is 0.0367. The Bertz CT molecular complexity index is 543. The van der Waals surface area contributed by atoms with Crippen LogP contribution in [0.25, 0.3) is 0 Å². The summed E-state index contributed by atoms with van der Waals surface area (Å²) in [6.07, 6.45) is 0.841. The lowest BCUT2D eigenvalue weighted by Crippen LogP contribution is -2.33. The Kier molecular flexibility index (Phi) is 5.11. The molecule has 1 saturated heterocycles. The number of hydrogen-bond acceptors (Lipinski definition) is 3. The number of halogens is 2. The van der Waals surface area contributed by atoms with Gasteiger partial charge in [0.25, 0.3) is 0 Å². The van der Waals surface area contributed by atoms with Crippen LogP contribution >= 0.6 is 23.4 Å². The quantitative estimate of drug-likeness (QED) is 0.803. The number of thioether (sulfide) groups is 1. The topological polar surface area (TPSA) is 37.4 Å². The van der Waals surface area contributed by atoms with E-state index >= 15 is 0 Å². The van der Waals surface area contributed by atoms with Crippen molar-refractivity contribution in [1.29, 1.82) is 0 Å². The van der Waals surface area contributed by atoms with Gasteiger partial charge in [-0.1, -0.05) is 0 Å². The van der Waals surface area contributed by atoms with Crippen LogP contribution in [0.4, 0.5) is 4.39 Å². The average molecular weight is 324 g/mol. The average Bonchev–Trinajstić information content (AvgIpc) is 2.68. The lowest BCUT2D eigenvalue weighted by molar-refractivity contribution is 0.435. The molecule has 1 aromatic carbocycles. The summed E-state index contributed by atoms with van der Waals surface area (Å²) >= 11 is 7.37. The molecule has 1 aliphatic rings. The number of benzene rings is 1. The Hall–Kier alpha value is -0.300. The predicted molar refractivity (Wildman–Crippen MR) is 76.7 cm³/mol. The van der Waals surface area contributed by atoms with E-state index in [0.29, 0.717) is 13.1 Å². The van der Waals surface area contributed by atoms with Gasteiger partial charge in [-0.2, -0.15) is 16.1 Å². The second-order valence-electron chi connectivity index (χ2n) is 4.26. The summed E-state index contributed by atoms with van der Waals surface area (Å²) in [5.41, 5.74) is 0.215. The molecular weight excluding hydrogens is 309 g/mol. The van der Waals surface area contributed by atoms with Crippen molar-refractivity contribution < 1.29 is 12.8 Å². The van der Waals surface area contributed by atoms with Gasteiger partial charge in [0, 0.05) is 24.4 Å². The van der Waals surface area contributed by atoms with E-state index in [4.69, 9.17) is 11.6 Å². The monoisotopic (exact) mass is 323 g/mol. The standard InChI is InChI=1S/C12H15ClFNO2S2/c13-9-10-8-11(2-3-12(10)14)19(16,17)15-4-1-6-18-7-5-15/h2-3,8H,1,4-7,9H2. The van der Waals surface area contributed by atoms with E-state index in [1.807, 2.05) is 0 Å². The summed E-state index contributed by atoms with van der Waals surface area (Å²) in [5.74, 6) is 1.26. The highest BCUT2D eigenvalue weighted by Crippen LogP contribution is 2.22. The van der Waals surface area contributed by atoms with Crippen molar-refractivity contribution in [3.05, 3.63) is 29.6 Å². The minimum Gasteiger partial charge on any atom is -0.207 e. The van der Waals surface area contributed by atoms with Gasteiger partial charge in [0.2, 0.25) is 10.0 Å². The molecule has 106 valence electrons. The van der Waals surface area contributed by atoms with Crippen molar-refractivity contribution in [2.24, 2.45) is 0 Å². The molecule has 0 spiro atoms. The van der Waals surface area contributed by atoms with Crippen molar-refractivity contribution in [1.82, 2.24) is 4.31 Å². The van der Waals surface area contributed by atoms with Gasteiger partial charge in [0.05, 0.1) is 10.8 Å². The molecule has 1 aromatic rings. The van der Waals surface area contributed by atoms with Gasteiger partial charge in [-0.25, -0.2) is 12.8 Å². The Labute approximate surface area is 122 Å². The lowest BCUT2D eigenvalue weighted by Gasteiger charge is -2.20. The maximum absolute atomic E-state index is 13.4. The summed E-state index contributed by atoms with van der Waals surface area (Å²) in [6, 6.07) is 3.80. The smallest absolute Gasteiger partial charge is 0.207 e. The van der Waals surface area contributed by atoms with Gasteiger partial charge >= 0.3 is 0 Å². The van der Waals surface area contributed by atoms with Crippen molar-refractivity contribution in [3.8, 4) is 0 Å². The second-order valence-corrected chi connectivity index (χ2v) is 7.69. The SMILES string of the molecule is O=S(=O)(c1ccc(F)c(CCl)c1)N1CCCSCC1. The molecule has 0 radical (unpaired) electrons. The highest BCUT2D eigenvalue weighted by atomic mass is 35.5. The van der Waals surface area contributed by atoms with Crippen LogP contribution in [-0.4, -0.2) is 37.3 Å². The zero-order chi connectivity index (χ0) is 13.9. The number of hydrogen-bond donors (Lipinski definition) is 0. The first-order valence-corrected chi connectivity index (χ1v) is 9.11. The van der Waals surface area contributed by atoms with Crippen LogP contribution < -0.4 is 0 Å². The molecule has 2 rings (SSSR count). The van der Waals surface area contributed by atoms with Crippen LogP contribution in [0.1, 0.15) is 12.0 Å². The fraction of sp³-hybridized carbons (Fsp3) is 0.500. The third-order valence-electron chi connectivity index (χ3n) is 2.98. The molecule has 3 nitrogen and oxygen atoms in total. The first-order valence-electron chi connectivity index (χ1n) is 5.98. The molecular formula is C12H15ClFNO2S2. The molecule has 0 amide bonds. The number of nitrogens with zero attached hydrogens (tertiary/aromatic N) is 1. The Morgan fingerprint density at radius 1 is 1.32 bits per heavy atom. The Balaban J connectivity index is 2.32. The third kappa shape index (κ3) is 3.42. The van der Waals surface area contributed by atoms with E-state index in [-0.39, 0.29) is 16.3 Å². The zero-order valence-electron chi connectivity index (χ0n) is 10.3. The van der Waals surface area contributed by atoms with E-state index in [2.05, 4.69) is 0 Å². The van der Waals surface area contributed by atoms with E-state index in [1.54, 1.807) is 11.8 Å². The third-order valence-corrected chi connectivity index (χ3v) is 6.21. The van der Waals surface area contributed by atoms with Gasteiger partial charge in [-0.15, -0.1) is 11.6 Å². The summed E-state index contributed by atoms with van der Waals surface area (Å²) < 4.78 is 39.8. The summed E-state index contributed by atoms with van der Waals surface area (Å²) in [5, 5.41) is 0. The Morgan fingerprint density at radius 2 is 2.11 bits per heavy atom. The molecule has 0 unspecified atom stereocenters. The predicted octanol–water partition coefficient (Wildman–Crippen LogP) is 2.69. The zero-order valence-corrected chi connectivity index (χ0v) is 12.7. The molecule has 1 fully saturated rings. The first kappa shape index (κ1) is 15.1. The van der Waals surface area contributed by atoms with E-state index in [0.717, 1.165) is 24.0 Å². The van der Waals surface area contributed by atoms with Crippen molar-refractivity contribution in [2.45, 2.75) is 17.2 Å². The molecule has 0 atom stereocenters. The van der Waals surface area contributed by atoms with Gasteiger partial charge in [-0.05, 0) is 30.4 Å². The number of rotatable bonds is 3. The molecule has 0 N–H and O–H groups in total. The molecule has 0 aliphatic carbocycles. The molecule has 1 aliphatic heterocycles. The van der Waals surface area contributed by atoms with Crippen molar-refractivity contribution >= 4 is 33.4 Å². The maximum Gasteiger partial charge on any atom is 0.243 e. The van der Waals surface area contributed by atoms with E-state index in [1.165, 1.54) is 16.4 Å². The van der Waals surface area contributed by atoms with E-state index in [9.17, 15) is 12.8 Å². The molecule has 0 aromatic heterocycles. The molecule has 1 heterocycles. The molecule has 7 heteroatoms. The van der Waals surface area contributed by atoms with Crippen molar-refractivity contribution in [2.75, 3.05) is 24.6 Å². The fourth-order valence-corrected chi connectivity index (χ4v) is 4.66. The van der Waals surface area contributed by atoms with Gasteiger partial charge in [0.1, 0.15) is 5.82 Å². The normalized spacial score (nSPS) is 18.2. The fourth-order valence-electron chi connectivity index (χ4n) is 1.93. The Morgan fingerprint density at radius 3 is 2.84 bits per heavy atom. The van der Waals surface area contributed by atoms with Crippen molar-refractivity contribution in [3.63, 3.8) is 0 Å². The lowest BCUT2D eigenvalue weighted by atomic mass is 10.2. The highest BCUT2D eigenvalue weighted by Gasteiger charge is 2.25. The minimum atomic E-state index is -3.54. The molecule has 0 saturated carbocycles. The summed E-state index contributed by atoms with van der Waals surface area (Å²) in [6.45, 7) is 1.02. The van der Waals surface area contributed by atoms with Crippen LogP contribution in [0, 0.1) is 5.82 Å². The maximum atomic E-state index is 13.4. The van der Waals surface area contributed by atoms with Crippen LogP contribution in [0.5, 0.6) is 0 Å². The highest BCUT2D eigenvalue weighted by molar-refractivity contribution is 7.99.